The maximum absolute atomic E-state index is 10.7. The zero-order chi connectivity index (χ0) is 14.5. The number of aromatic hydroxyl groups is 1. The molecule has 0 amide bonds. The number of nitriles is 1. The van der Waals surface area contributed by atoms with Gasteiger partial charge in [0.25, 0.3) is 0 Å². The molecule has 0 fully saturated rings. The number of allylic oxidation sites excluding steroid dienone is 1. The number of aromatic amines is 1. The number of H-pyrrole nitrogens is 1. The first kappa shape index (κ1) is 13.0. The first-order chi connectivity index (χ1) is 9.61. The van der Waals surface area contributed by atoms with Crippen LogP contribution in [-0.2, 0) is 0 Å². The number of phenolic OH excluding ortho intramolecular Hbond substituents is 1. The first-order valence-corrected chi connectivity index (χ1v) is 5.20. The molecular formula is C10H7N7O3. The van der Waals surface area contributed by atoms with Gasteiger partial charge in [0.15, 0.2) is 5.75 Å². The standard InChI is InChI=1S/C10H7N7O3/c11-4-6(10-13-15-16-14-10)5-12-7-1-2-9(18)8(3-7)17(19)20/h1-3,5,12,18H,(H,13,14,15,16). The van der Waals surface area contributed by atoms with Gasteiger partial charge in [-0.3, -0.25) is 10.1 Å². The molecule has 0 spiro atoms. The van der Waals surface area contributed by atoms with Crippen molar-refractivity contribution in [1.29, 1.82) is 5.26 Å². The van der Waals surface area contributed by atoms with Gasteiger partial charge in [-0.15, -0.1) is 10.2 Å². The van der Waals surface area contributed by atoms with Crippen LogP contribution in [0.3, 0.4) is 0 Å². The Kier molecular flexibility index (Phi) is 3.53. The number of nitrogens with zero attached hydrogens (tertiary/aromatic N) is 5. The summed E-state index contributed by atoms with van der Waals surface area (Å²) in [6, 6.07) is 5.59. The Morgan fingerprint density at radius 3 is 3.00 bits per heavy atom. The van der Waals surface area contributed by atoms with Crippen LogP contribution in [0.1, 0.15) is 5.82 Å². The van der Waals surface area contributed by atoms with Crippen LogP contribution in [0.5, 0.6) is 5.75 Å². The second kappa shape index (κ2) is 5.44. The predicted octanol–water partition coefficient (Wildman–Crippen LogP) is 0.790. The lowest BCUT2D eigenvalue weighted by Crippen LogP contribution is -1.95. The smallest absolute Gasteiger partial charge is 0.312 e. The summed E-state index contributed by atoms with van der Waals surface area (Å²) in [6.07, 6.45) is 1.28. The lowest BCUT2D eigenvalue weighted by Gasteiger charge is -2.02. The van der Waals surface area contributed by atoms with Crippen molar-refractivity contribution in [2.45, 2.75) is 0 Å². The van der Waals surface area contributed by atoms with Crippen LogP contribution in [0.15, 0.2) is 24.4 Å². The Morgan fingerprint density at radius 2 is 2.40 bits per heavy atom. The second-order valence-corrected chi connectivity index (χ2v) is 3.51. The molecule has 0 unspecified atom stereocenters. The molecule has 1 aromatic heterocycles. The van der Waals surface area contributed by atoms with Gasteiger partial charge in [0.1, 0.15) is 11.6 Å². The van der Waals surface area contributed by atoms with E-state index in [0.717, 1.165) is 6.07 Å². The molecule has 3 N–H and O–H groups in total. The van der Waals surface area contributed by atoms with E-state index in [1.165, 1.54) is 18.3 Å². The Balaban J connectivity index is 2.25. The second-order valence-electron chi connectivity index (χ2n) is 3.51. The highest BCUT2D eigenvalue weighted by Crippen LogP contribution is 2.28. The normalized spacial score (nSPS) is 10.8. The molecule has 0 saturated carbocycles. The maximum Gasteiger partial charge on any atom is 0.312 e. The van der Waals surface area contributed by atoms with Crippen molar-refractivity contribution >= 4 is 16.9 Å². The molecule has 0 radical (unpaired) electrons. The number of anilines is 1. The molecule has 20 heavy (non-hydrogen) atoms. The minimum Gasteiger partial charge on any atom is -0.502 e. The summed E-state index contributed by atoms with van der Waals surface area (Å²) in [5.74, 6) is -0.350. The van der Waals surface area contributed by atoms with E-state index < -0.39 is 16.4 Å². The fourth-order valence-electron chi connectivity index (χ4n) is 1.34. The van der Waals surface area contributed by atoms with Gasteiger partial charge in [-0.1, -0.05) is 0 Å². The molecule has 100 valence electrons. The third kappa shape index (κ3) is 2.67. The minimum atomic E-state index is -0.714. The van der Waals surface area contributed by atoms with Crippen LogP contribution in [-0.4, -0.2) is 30.7 Å². The highest BCUT2D eigenvalue weighted by Gasteiger charge is 2.13. The molecule has 0 atom stereocenters. The van der Waals surface area contributed by atoms with E-state index in [1.54, 1.807) is 0 Å². The minimum absolute atomic E-state index is 0.0910. The summed E-state index contributed by atoms with van der Waals surface area (Å²) < 4.78 is 0. The average molecular weight is 273 g/mol. The third-order valence-electron chi connectivity index (χ3n) is 2.26. The number of hydrogen-bond donors (Lipinski definition) is 3. The van der Waals surface area contributed by atoms with Crippen molar-refractivity contribution in [3.8, 4) is 11.8 Å². The number of nitro benzene ring substituents is 1. The van der Waals surface area contributed by atoms with Crippen LogP contribution >= 0.6 is 0 Å². The fraction of sp³-hybridized carbons (Fsp3) is 0. The topological polar surface area (TPSA) is 154 Å². The van der Waals surface area contributed by atoms with Gasteiger partial charge < -0.3 is 10.4 Å². The van der Waals surface area contributed by atoms with Crippen LogP contribution in [0.4, 0.5) is 11.4 Å². The third-order valence-corrected chi connectivity index (χ3v) is 2.26. The average Bonchev–Trinajstić information content (AvgIpc) is 2.95. The molecule has 10 heteroatoms. The zero-order valence-electron chi connectivity index (χ0n) is 9.81. The van der Waals surface area contributed by atoms with E-state index in [1.807, 2.05) is 6.07 Å². The molecule has 1 heterocycles. The molecule has 0 aliphatic heterocycles. The van der Waals surface area contributed by atoms with E-state index in [4.69, 9.17) is 5.26 Å². The van der Waals surface area contributed by atoms with Gasteiger partial charge in [0.2, 0.25) is 5.82 Å². The molecule has 2 rings (SSSR count). The number of rotatable bonds is 4. The summed E-state index contributed by atoms with van der Waals surface area (Å²) in [4.78, 5) is 9.96. The van der Waals surface area contributed by atoms with E-state index in [-0.39, 0.29) is 11.4 Å². The van der Waals surface area contributed by atoms with Crippen molar-refractivity contribution in [1.82, 2.24) is 20.6 Å². The summed E-state index contributed by atoms with van der Waals surface area (Å²) in [5, 5.41) is 44.4. The molecule has 0 aliphatic carbocycles. The summed E-state index contributed by atoms with van der Waals surface area (Å²) in [7, 11) is 0. The molecule has 0 bridgehead atoms. The number of aromatic nitrogens is 4. The SMILES string of the molecule is N#CC(=CNc1ccc(O)c([N+](=O)[O-])c1)c1nn[nH]n1. The number of tetrazole rings is 1. The molecular weight excluding hydrogens is 266 g/mol. The van der Waals surface area contributed by atoms with Gasteiger partial charge in [-0.2, -0.15) is 10.5 Å². The fourth-order valence-corrected chi connectivity index (χ4v) is 1.34. The predicted molar refractivity (Wildman–Crippen MR) is 66.2 cm³/mol. The number of nitro groups is 1. The van der Waals surface area contributed by atoms with Crippen LogP contribution in [0.2, 0.25) is 0 Å². The Bertz CT molecular complexity index is 702. The Morgan fingerprint density at radius 1 is 1.60 bits per heavy atom. The van der Waals surface area contributed by atoms with Crippen LogP contribution in [0, 0.1) is 21.4 Å². The lowest BCUT2D eigenvalue weighted by atomic mass is 10.2. The Labute approximate surface area is 111 Å². The highest BCUT2D eigenvalue weighted by atomic mass is 16.6. The van der Waals surface area contributed by atoms with Gasteiger partial charge >= 0.3 is 5.69 Å². The highest BCUT2D eigenvalue weighted by molar-refractivity contribution is 5.74. The molecule has 10 nitrogen and oxygen atoms in total. The van der Waals surface area contributed by atoms with Crippen molar-refractivity contribution in [2.75, 3.05) is 5.32 Å². The first-order valence-electron chi connectivity index (χ1n) is 5.20. The summed E-state index contributed by atoms with van der Waals surface area (Å²) >= 11 is 0. The van der Waals surface area contributed by atoms with E-state index in [9.17, 15) is 15.2 Å². The maximum atomic E-state index is 10.7. The number of phenols is 1. The number of benzene rings is 1. The summed E-state index contributed by atoms with van der Waals surface area (Å²) in [5.41, 5.74) is -0.0262. The van der Waals surface area contributed by atoms with Crippen molar-refractivity contribution in [3.05, 3.63) is 40.3 Å². The monoisotopic (exact) mass is 273 g/mol. The van der Waals surface area contributed by atoms with Crippen LogP contribution < -0.4 is 5.32 Å². The van der Waals surface area contributed by atoms with Crippen molar-refractivity contribution in [2.24, 2.45) is 0 Å². The lowest BCUT2D eigenvalue weighted by molar-refractivity contribution is -0.385. The molecule has 0 aliphatic rings. The van der Waals surface area contributed by atoms with Gasteiger partial charge in [-0.05, 0) is 17.3 Å². The van der Waals surface area contributed by atoms with E-state index in [0.29, 0.717) is 5.69 Å². The molecule has 1 aromatic carbocycles. The van der Waals surface area contributed by atoms with E-state index >= 15 is 0 Å². The van der Waals surface area contributed by atoms with E-state index in [2.05, 4.69) is 25.9 Å². The van der Waals surface area contributed by atoms with Gasteiger partial charge in [0.05, 0.1) is 4.92 Å². The largest absolute Gasteiger partial charge is 0.502 e. The van der Waals surface area contributed by atoms with Gasteiger partial charge in [-0.25, -0.2) is 0 Å². The van der Waals surface area contributed by atoms with Gasteiger partial charge in [0, 0.05) is 18.0 Å². The quantitative estimate of drug-likeness (QED) is 0.319. The molecule has 0 saturated heterocycles. The number of hydrogen-bond acceptors (Lipinski definition) is 8. The Hall–Kier alpha value is -3.48. The van der Waals surface area contributed by atoms with Crippen LogP contribution in [0.25, 0.3) is 5.57 Å². The summed E-state index contributed by atoms with van der Waals surface area (Å²) in [6.45, 7) is 0. The van der Waals surface area contributed by atoms with Crippen molar-refractivity contribution < 1.29 is 10.0 Å². The van der Waals surface area contributed by atoms with Crippen molar-refractivity contribution in [3.63, 3.8) is 0 Å². The zero-order valence-corrected chi connectivity index (χ0v) is 9.81. The molecule has 2 aromatic rings. The number of nitrogens with one attached hydrogen (secondary N) is 2.